The average Bonchev–Trinajstić information content (AvgIpc) is 3.69. The summed E-state index contributed by atoms with van der Waals surface area (Å²) in [5.74, 6) is 2.37. The highest BCUT2D eigenvalue weighted by Gasteiger charge is 2.21. The molecule has 0 spiro atoms. The molecule has 0 amide bonds. The second kappa shape index (κ2) is 9.39. The van der Waals surface area contributed by atoms with Crippen molar-refractivity contribution in [3.8, 4) is 17.3 Å². The molecule has 0 bridgehead atoms. The van der Waals surface area contributed by atoms with Gasteiger partial charge in [0.2, 0.25) is 0 Å². The van der Waals surface area contributed by atoms with Crippen molar-refractivity contribution in [1.29, 1.82) is 0 Å². The van der Waals surface area contributed by atoms with Crippen LogP contribution in [0.1, 0.15) is 26.3 Å². The summed E-state index contributed by atoms with van der Waals surface area (Å²) < 4.78 is 15.2. The molecule has 1 aliphatic rings. The molecule has 0 aliphatic carbocycles. The molecule has 0 saturated carbocycles. The molecule has 0 radical (unpaired) electrons. The summed E-state index contributed by atoms with van der Waals surface area (Å²) in [5, 5.41) is 4.52. The fraction of sp³-hybridized carbons (Fsp3) is 0.162. The van der Waals surface area contributed by atoms with Crippen molar-refractivity contribution in [3.05, 3.63) is 115 Å². The van der Waals surface area contributed by atoms with Crippen LogP contribution in [0.25, 0.3) is 49.6 Å². The third kappa shape index (κ3) is 4.21. The zero-order valence-corrected chi connectivity index (χ0v) is 24.7. The van der Waals surface area contributed by atoms with Crippen LogP contribution in [-0.2, 0) is 5.41 Å². The quantitative estimate of drug-likeness (QED) is 0.213. The van der Waals surface area contributed by atoms with Crippen LogP contribution in [0.5, 0.6) is 11.5 Å². The highest BCUT2D eigenvalue weighted by Crippen LogP contribution is 2.42. The maximum Gasteiger partial charge on any atom is 0.141 e. The molecule has 6 nitrogen and oxygen atoms in total. The van der Waals surface area contributed by atoms with Crippen LogP contribution in [0.4, 0.5) is 5.69 Å². The smallest absolute Gasteiger partial charge is 0.141 e. The summed E-state index contributed by atoms with van der Waals surface area (Å²) in [6, 6.07) is 31.4. The minimum atomic E-state index is 0.0110. The van der Waals surface area contributed by atoms with Crippen molar-refractivity contribution in [1.82, 2.24) is 14.5 Å². The van der Waals surface area contributed by atoms with Gasteiger partial charge >= 0.3 is 0 Å². The first kappa shape index (κ1) is 25.5. The lowest BCUT2D eigenvalue weighted by atomic mass is 9.88. The standard InChI is InChI=1S/C37H32N4O2/c1-37(2,3)24-15-16-38-35(19-24)41-30-11-7-5-9-27(30)28-14-13-25(20-31(28)41)42-26-21-32(40-18-17-39(4)23-40)36-29-10-6-8-12-33(29)43-34(36)22-26/h5-22H,23H2,1-4H3. The van der Waals surface area contributed by atoms with E-state index in [1.54, 1.807) is 0 Å². The number of pyridine rings is 1. The van der Waals surface area contributed by atoms with Gasteiger partial charge in [0.25, 0.3) is 0 Å². The molecule has 6 heteroatoms. The molecule has 0 atom stereocenters. The van der Waals surface area contributed by atoms with Crippen molar-refractivity contribution in [2.24, 2.45) is 0 Å². The normalized spacial score (nSPS) is 13.8. The molecule has 4 aromatic carbocycles. The van der Waals surface area contributed by atoms with E-state index < -0.39 is 0 Å². The first-order valence-electron chi connectivity index (χ1n) is 14.6. The Labute approximate surface area is 250 Å². The highest BCUT2D eigenvalue weighted by molar-refractivity contribution is 6.12. The average molecular weight is 565 g/mol. The van der Waals surface area contributed by atoms with Crippen LogP contribution in [0, 0.1) is 0 Å². The van der Waals surface area contributed by atoms with E-state index in [4.69, 9.17) is 14.1 Å². The lowest BCUT2D eigenvalue weighted by Crippen LogP contribution is -2.21. The van der Waals surface area contributed by atoms with Gasteiger partial charge in [0.05, 0.1) is 28.8 Å². The predicted octanol–water partition coefficient (Wildman–Crippen LogP) is 9.35. The van der Waals surface area contributed by atoms with Crippen LogP contribution in [0.15, 0.2) is 114 Å². The number of rotatable bonds is 4. The summed E-state index contributed by atoms with van der Waals surface area (Å²) >= 11 is 0. The third-order valence-corrected chi connectivity index (χ3v) is 8.34. The van der Waals surface area contributed by atoms with Crippen LogP contribution >= 0.6 is 0 Å². The van der Waals surface area contributed by atoms with Crippen LogP contribution < -0.4 is 9.64 Å². The fourth-order valence-electron chi connectivity index (χ4n) is 6.18. The Morgan fingerprint density at radius 3 is 2.35 bits per heavy atom. The van der Waals surface area contributed by atoms with Gasteiger partial charge in [-0.25, -0.2) is 4.98 Å². The molecule has 0 unspecified atom stereocenters. The van der Waals surface area contributed by atoms with Crippen molar-refractivity contribution in [2.45, 2.75) is 26.2 Å². The third-order valence-electron chi connectivity index (χ3n) is 8.34. The zero-order valence-electron chi connectivity index (χ0n) is 24.7. The number of furan rings is 1. The monoisotopic (exact) mass is 564 g/mol. The summed E-state index contributed by atoms with van der Waals surface area (Å²) in [4.78, 5) is 9.20. The number of nitrogens with zero attached hydrogens (tertiary/aromatic N) is 4. The Morgan fingerprint density at radius 1 is 0.744 bits per heavy atom. The molecule has 1 aliphatic heterocycles. The summed E-state index contributed by atoms with van der Waals surface area (Å²) in [6.45, 7) is 7.44. The molecule has 0 saturated heterocycles. The van der Waals surface area contributed by atoms with Gasteiger partial charge in [-0.1, -0.05) is 57.2 Å². The Kier molecular flexibility index (Phi) is 5.57. The molecule has 0 fully saturated rings. The minimum Gasteiger partial charge on any atom is -0.457 e. The Bertz CT molecular complexity index is 2220. The molecule has 3 aromatic heterocycles. The molecular formula is C37H32N4O2. The van der Waals surface area contributed by atoms with E-state index in [0.29, 0.717) is 0 Å². The number of benzene rings is 4. The van der Waals surface area contributed by atoms with Crippen molar-refractivity contribution in [2.75, 3.05) is 18.6 Å². The fourth-order valence-corrected chi connectivity index (χ4v) is 6.18. The van der Waals surface area contributed by atoms with E-state index in [0.717, 1.165) is 68.0 Å². The number of anilines is 1. The highest BCUT2D eigenvalue weighted by atomic mass is 16.5. The number of ether oxygens (including phenoxy) is 1. The van der Waals surface area contributed by atoms with Crippen molar-refractivity contribution < 1.29 is 9.15 Å². The van der Waals surface area contributed by atoms with Crippen LogP contribution in [-0.4, -0.2) is 28.2 Å². The molecule has 43 heavy (non-hydrogen) atoms. The molecule has 212 valence electrons. The van der Waals surface area contributed by atoms with Gasteiger partial charge in [0.1, 0.15) is 28.5 Å². The number of hydrogen-bond donors (Lipinski definition) is 0. The van der Waals surface area contributed by atoms with E-state index in [1.807, 2.05) is 30.5 Å². The number of para-hydroxylation sites is 2. The second-order valence-electron chi connectivity index (χ2n) is 12.4. The van der Waals surface area contributed by atoms with E-state index in [-0.39, 0.29) is 5.41 Å². The molecular weight excluding hydrogens is 532 g/mol. The van der Waals surface area contributed by atoms with E-state index >= 15 is 0 Å². The van der Waals surface area contributed by atoms with Gasteiger partial charge in [-0.15, -0.1) is 0 Å². The minimum absolute atomic E-state index is 0.0110. The SMILES string of the molecule is CN1C=CN(c2cc(Oc3ccc4c5ccccc5n(-c5cc(C(C)(C)C)ccn5)c4c3)cc3oc4ccccc4c23)C1. The number of hydrogen-bond acceptors (Lipinski definition) is 5. The van der Waals surface area contributed by atoms with Crippen LogP contribution in [0.3, 0.4) is 0 Å². The predicted molar refractivity (Wildman–Crippen MR) is 175 cm³/mol. The zero-order chi connectivity index (χ0) is 29.3. The first-order chi connectivity index (χ1) is 20.8. The Balaban J connectivity index is 1.28. The maximum atomic E-state index is 6.62. The number of fused-ring (bicyclic) bond motifs is 6. The van der Waals surface area contributed by atoms with Gasteiger partial charge in [0, 0.05) is 60.0 Å². The molecule has 4 heterocycles. The largest absolute Gasteiger partial charge is 0.457 e. The van der Waals surface area contributed by atoms with E-state index in [2.05, 4.69) is 121 Å². The summed E-state index contributed by atoms with van der Waals surface area (Å²) in [6.07, 6.45) is 6.09. The van der Waals surface area contributed by atoms with Crippen molar-refractivity contribution in [3.63, 3.8) is 0 Å². The topological polar surface area (TPSA) is 46.7 Å². The lowest BCUT2D eigenvalue weighted by molar-refractivity contribution is 0.481. The van der Waals surface area contributed by atoms with E-state index in [9.17, 15) is 0 Å². The van der Waals surface area contributed by atoms with Crippen molar-refractivity contribution >= 4 is 49.4 Å². The summed E-state index contributed by atoms with van der Waals surface area (Å²) in [7, 11) is 2.07. The van der Waals surface area contributed by atoms with Gasteiger partial charge in [-0.3, -0.25) is 4.57 Å². The molecule has 8 rings (SSSR count). The van der Waals surface area contributed by atoms with Gasteiger partial charge in [-0.2, -0.15) is 0 Å². The van der Waals surface area contributed by atoms with E-state index in [1.165, 1.54) is 10.9 Å². The summed E-state index contributed by atoms with van der Waals surface area (Å²) in [5.41, 5.74) is 6.13. The maximum absolute atomic E-state index is 6.62. The van der Waals surface area contributed by atoms with Gasteiger partial charge in [0.15, 0.2) is 0 Å². The lowest BCUT2D eigenvalue weighted by Gasteiger charge is -2.20. The molecule has 0 N–H and O–H groups in total. The number of aromatic nitrogens is 2. The van der Waals surface area contributed by atoms with Gasteiger partial charge < -0.3 is 19.0 Å². The molecule has 7 aromatic rings. The Morgan fingerprint density at radius 2 is 1.53 bits per heavy atom. The second-order valence-corrected chi connectivity index (χ2v) is 12.4. The van der Waals surface area contributed by atoms with Gasteiger partial charge in [-0.05, 0) is 47.4 Å². The first-order valence-corrected chi connectivity index (χ1v) is 14.6. The Hall–Kier alpha value is -5.23. The van der Waals surface area contributed by atoms with Crippen LogP contribution in [0.2, 0.25) is 0 Å².